The van der Waals surface area contributed by atoms with Gasteiger partial charge in [-0.1, -0.05) is 42.5 Å². The van der Waals surface area contributed by atoms with Crippen molar-refractivity contribution in [3.8, 4) is 5.75 Å². The van der Waals surface area contributed by atoms with Crippen LogP contribution in [0.3, 0.4) is 0 Å². The summed E-state index contributed by atoms with van der Waals surface area (Å²) in [4.78, 5) is 35.3. The number of aliphatic carboxylic acids is 1. The Kier molecular flexibility index (Phi) is 7.18. The number of nitrogens with one attached hydrogen (secondary N) is 2. The number of phenolic OH excluding ortho intramolecular Hbond substituents is 1. The predicted molar refractivity (Wildman–Crippen MR) is 100.0 cm³/mol. The van der Waals surface area contributed by atoms with E-state index in [9.17, 15) is 37.8 Å². The van der Waals surface area contributed by atoms with E-state index in [-0.39, 0.29) is 12.2 Å². The molecule has 0 heterocycles. The van der Waals surface area contributed by atoms with Crippen LogP contribution in [-0.4, -0.2) is 40.2 Å². The van der Waals surface area contributed by atoms with Crippen LogP contribution in [0.5, 0.6) is 5.75 Å². The molecule has 1 atom stereocenters. The third kappa shape index (κ3) is 6.66. The van der Waals surface area contributed by atoms with E-state index in [0.29, 0.717) is 11.1 Å². The molecule has 0 aliphatic heterocycles. The number of halogens is 3. The molecule has 0 aliphatic carbocycles. The van der Waals surface area contributed by atoms with E-state index >= 15 is 0 Å². The van der Waals surface area contributed by atoms with Crippen LogP contribution >= 0.6 is 0 Å². The van der Waals surface area contributed by atoms with Crippen LogP contribution in [-0.2, 0) is 20.8 Å². The van der Waals surface area contributed by atoms with Crippen LogP contribution in [0.1, 0.15) is 11.1 Å². The van der Waals surface area contributed by atoms with Crippen molar-refractivity contribution in [2.24, 2.45) is 0 Å². The first-order chi connectivity index (χ1) is 14.1. The molecule has 30 heavy (non-hydrogen) atoms. The van der Waals surface area contributed by atoms with Crippen LogP contribution in [0.4, 0.5) is 13.2 Å². The van der Waals surface area contributed by atoms with Gasteiger partial charge in [0.2, 0.25) is 0 Å². The molecule has 2 rings (SSSR count). The van der Waals surface area contributed by atoms with Crippen molar-refractivity contribution >= 4 is 23.9 Å². The van der Waals surface area contributed by atoms with E-state index in [1.54, 1.807) is 18.2 Å². The Balaban J connectivity index is 2.26. The number of benzene rings is 2. The van der Waals surface area contributed by atoms with Crippen molar-refractivity contribution in [3.05, 3.63) is 71.4 Å². The van der Waals surface area contributed by atoms with Gasteiger partial charge < -0.3 is 20.8 Å². The van der Waals surface area contributed by atoms with Crippen LogP contribution in [0, 0.1) is 0 Å². The zero-order chi connectivity index (χ0) is 22.3. The lowest BCUT2D eigenvalue weighted by Crippen LogP contribution is -2.47. The second-order valence-electron chi connectivity index (χ2n) is 6.16. The molecule has 0 fully saturated rings. The second-order valence-corrected chi connectivity index (χ2v) is 6.16. The van der Waals surface area contributed by atoms with Crippen molar-refractivity contribution in [2.45, 2.75) is 18.6 Å². The average Bonchev–Trinajstić information content (AvgIpc) is 2.68. The molecule has 0 spiro atoms. The molecule has 0 bridgehead atoms. The normalized spacial score (nSPS) is 12.7. The van der Waals surface area contributed by atoms with E-state index in [1.807, 2.05) is 0 Å². The summed E-state index contributed by atoms with van der Waals surface area (Å²) < 4.78 is 37.9. The SMILES string of the molecule is O=C(N[C@@H](Cc1ccc(O)cc1)C(=O)O)C(=Cc1ccccc1)NC(=O)C(F)(F)F. The monoisotopic (exact) mass is 422 g/mol. The fraction of sp³-hybridized carbons (Fsp3) is 0.150. The van der Waals surface area contributed by atoms with Gasteiger partial charge in [0.25, 0.3) is 5.91 Å². The Bertz CT molecular complexity index is 941. The number of amides is 2. The van der Waals surface area contributed by atoms with E-state index in [2.05, 4.69) is 5.32 Å². The number of carboxylic acids is 1. The Labute approximate surface area is 168 Å². The topological polar surface area (TPSA) is 116 Å². The van der Waals surface area contributed by atoms with Crippen molar-refractivity contribution in [2.75, 3.05) is 0 Å². The minimum Gasteiger partial charge on any atom is -0.508 e. The number of rotatable bonds is 7. The van der Waals surface area contributed by atoms with Crippen molar-refractivity contribution < 1.29 is 37.8 Å². The second kappa shape index (κ2) is 9.59. The summed E-state index contributed by atoms with van der Waals surface area (Å²) in [6.45, 7) is 0. The minimum atomic E-state index is -5.24. The van der Waals surface area contributed by atoms with Crippen LogP contribution in [0.25, 0.3) is 6.08 Å². The van der Waals surface area contributed by atoms with Gasteiger partial charge in [0.15, 0.2) is 0 Å². The lowest BCUT2D eigenvalue weighted by molar-refractivity contribution is -0.172. The molecule has 158 valence electrons. The highest BCUT2D eigenvalue weighted by molar-refractivity contribution is 6.03. The number of carboxylic acid groups (broad SMARTS) is 1. The molecule has 0 aliphatic rings. The summed E-state index contributed by atoms with van der Waals surface area (Å²) in [5.41, 5.74) is 0.00410. The van der Waals surface area contributed by atoms with Gasteiger partial charge in [-0.3, -0.25) is 9.59 Å². The molecule has 0 unspecified atom stereocenters. The van der Waals surface area contributed by atoms with Crippen molar-refractivity contribution in [3.63, 3.8) is 0 Å². The summed E-state index contributed by atoms with van der Waals surface area (Å²) >= 11 is 0. The van der Waals surface area contributed by atoms with Gasteiger partial charge in [0, 0.05) is 6.42 Å². The van der Waals surface area contributed by atoms with Crippen LogP contribution < -0.4 is 10.6 Å². The quantitative estimate of drug-likeness (QED) is 0.511. The Morgan fingerprint density at radius 1 is 1.00 bits per heavy atom. The summed E-state index contributed by atoms with van der Waals surface area (Å²) in [5, 5.41) is 22.2. The first-order valence-electron chi connectivity index (χ1n) is 8.53. The zero-order valence-electron chi connectivity index (χ0n) is 15.3. The smallest absolute Gasteiger partial charge is 0.471 e. The van der Waals surface area contributed by atoms with Gasteiger partial charge in [-0.25, -0.2) is 4.79 Å². The molecule has 4 N–H and O–H groups in total. The fourth-order valence-electron chi connectivity index (χ4n) is 2.37. The summed E-state index contributed by atoms with van der Waals surface area (Å²) in [5.74, 6) is -5.05. The van der Waals surface area contributed by atoms with Gasteiger partial charge in [-0.2, -0.15) is 13.2 Å². The maximum Gasteiger partial charge on any atom is 0.471 e. The number of hydrogen-bond donors (Lipinski definition) is 4. The van der Waals surface area contributed by atoms with Gasteiger partial charge in [-0.15, -0.1) is 0 Å². The zero-order valence-corrected chi connectivity index (χ0v) is 15.3. The molecule has 0 radical (unpaired) electrons. The van der Waals surface area contributed by atoms with Crippen molar-refractivity contribution in [1.29, 1.82) is 0 Å². The first kappa shape index (κ1) is 22.5. The number of carbonyl (C=O) groups excluding carboxylic acids is 2. The summed E-state index contributed by atoms with van der Waals surface area (Å²) in [7, 11) is 0. The third-order valence-electron chi connectivity index (χ3n) is 3.84. The molecule has 2 aromatic rings. The van der Waals surface area contributed by atoms with Gasteiger partial charge in [0.1, 0.15) is 17.5 Å². The highest BCUT2D eigenvalue weighted by Gasteiger charge is 2.40. The standard InChI is InChI=1S/C20H17F3N2O5/c21-20(22,23)19(30)25-15(10-12-4-2-1-3-5-12)17(27)24-16(18(28)29)11-13-6-8-14(26)9-7-13/h1-10,16,26H,11H2,(H,24,27)(H,25,30)(H,28,29)/t16-/m0/s1. The molecule has 10 heteroatoms. The number of alkyl halides is 3. The Morgan fingerprint density at radius 2 is 1.60 bits per heavy atom. The van der Waals surface area contributed by atoms with E-state index in [1.165, 1.54) is 41.7 Å². The molecule has 0 saturated carbocycles. The van der Waals surface area contributed by atoms with Gasteiger partial charge >= 0.3 is 18.1 Å². The number of phenols is 1. The average molecular weight is 422 g/mol. The molecule has 0 aromatic heterocycles. The first-order valence-corrected chi connectivity index (χ1v) is 8.53. The molecule has 2 aromatic carbocycles. The molecule has 0 saturated heterocycles. The summed E-state index contributed by atoms with van der Waals surface area (Å²) in [6, 6.07) is 11.8. The largest absolute Gasteiger partial charge is 0.508 e. The molecular weight excluding hydrogens is 405 g/mol. The van der Waals surface area contributed by atoms with Crippen LogP contribution in [0.2, 0.25) is 0 Å². The highest BCUT2D eigenvalue weighted by Crippen LogP contribution is 2.16. The molecule has 2 amide bonds. The lowest BCUT2D eigenvalue weighted by Gasteiger charge is -2.17. The number of aromatic hydroxyl groups is 1. The maximum atomic E-state index is 12.6. The van der Waals surface area contributed by atoms with E-state index < -0.39 is 35.7 Å². The lowest BCUT2D eigenvalue weighted by atomic mass is 10.1. The molecular formula is C20H17F3N2O5. The van der Waals surface area contributed by atoms with Crippen LogP contribution in [0.15, 0.2) is 60.3 Å². The highest BCUT2D eigenvalue weighted by atomic mass is 19.4. The number of carbonyl (C=O) groups is 3. The van der Waals surface area contributed by atoms with E-state index in [0.717, 1.165) is 6.08 Å². The Morgan fingerprint density at radius 3 is 2.13 bits per heavy atom. The van der Waals surface area contributed by atoms with E-state index in [4.69, 9.17) is 0 Å². The van der Waals surface area contributed by atoms with Gasteiger partial charge in [-0.05, 0) is 29.3 Å². The van der Waals surface area contributed by atoms with Crippen molar-refractivity contribution in [1.82, 2.24) is 10.6 Å². The minimum absolute atomic E-state index is 0.0439. The Hall–Kier alpha value is -3.82. The summed E-state index contributed by atoms with van der Waals surface area (Å²) in [6.07, 6.45) is -4.44. The number of hydrogen-bond acceptors (Lipinski definition) is 4. The van der Waals surface area contributed by atoms with Gasteiger partial charge in [0.05, 0.1) is 0 Å². The third-order valence-corrected chi connectivity index (χ3v) is 3.84. The fourth-order valence-corrected chi connectivity index (χ4v) is 2.37. The maximum absolute atomic E-state index is 12.6. The predicted octanol–water partition coefficient (Wildman–Crippen LogP) is 2.22. The molecule has 7 nitrogen and oxygen atoms in total.